The molecule has 15 heavy (non-hydrogen) atoms. The molecule has 5 heteroatoms. The van der Waals surface area contributed by atoms with Crippen LogP contribution in [-0.2, 0) is 10.8 Å². The lowest BCUT2D eigenvalue weighted by atomic mass is 10.1. The van der Waals surface area contributed by atoms with Crippen LogP contribution in [0.1, 0.15) is 23.7 Å². The molecular weight excluding hydrogens is 255 g/mol. The predicted octanol–water partition coefficient (Wildman–Crippen LogP) is 3.08. The highest BCUT2D eigenvalue weighted by Gasteiger charge is 2.32. The van der Waals surface area contributed by atoms with Crippen molar-refractivity contribution in [2.75, 3.05) is 0 Å². The molecule has 0 bridgehead atoms. The summed E-state index contributed by atoms with van der Waals surface area (Å²) in [5.41, 5.74) is 0.334. The summed E-state index contributed by atoms with van der Waals surface area (Å²) < 4.78 is 12.0. The molecule has 1 aromatic rings. The van der Waals surface area contributed by atoms with Crippen LogP contribution in [0.15, 0.2) is 17.0 Å². The molecule has 1 aliphatic rings. The molecule has 0 saturated carbocycles. The lowest BCUT2D eigenvalue weighted by Crippen LogP contribution is -2.25. The molecular formula is C10H8Cl2O2S. The van der Waals surface area contributed by atoms with Crippen LogP contribution in [0.5, 0.6) is 0 Å². The third kappa shape index (κ3) is 1.73. The summed E-state index contributed by atoms with van der Waals surface area (Å²) in [7, 11) is -1.24. The van der Waals surface area contributed by atoms with Crippen LogP contribution in [0.25, 0.3) is 0 Å². The van der Waals surface area contributed by atoms with Gasteiger partial charge in [0, 0.05) is 11.7 Å². The zero-order valence-corrected chi connectivity index (χ0v) is 10.2. The monoisotopic (exact) mass is 262 g/mol. The Kier molecular flexibility index (Phi) is 2.88. The van der Waals surface area contributed by atoms with Crippen molar-refractivity contribution in [2.45, 2.75) is 23.5 Å². The zero-order valence-electron chi connectivity index (χ0n) is 7.92. The summed E-state index contributed by atoms with van der Waals surface area (Å²) in [4.78, 5) is 12.1. The second-order valence-corrected chi connectivity index (χ2v) is 6.09. The minimum atomic E-state index is -1.24. The molecule has 0 fully saturated rings. The van der Waals surface area contributed by atoms with E-state index in [9.17, 15) is 9.00 Å². The Morgan fingerprint density at radius 1 is 1.33 bits per heavy atom. The minimum absolute atomic E-state index is 0.0791. The number of halogens is 2. The van der Waals surface area contributed by atoms with E-state index in [1.165, 1.54) is 0 Å². The fraction of sp³-hybridized carbons (Fsp3) is 0.300. The first kappa shape index (κ1) is 11.1. The van der Waals surface area contributed by atoms with E-state index in [1.54, 1.807) is 19.1 Å². The molecule has 2 rings (SSSR count). The first-order valence-corrected chi connectivity index (χ1v) is 6.41. The molecule has 0 amide bonds. The molecule has 2 nitrogen and oxygen atoms in total. The minimum Gasteiger partial charge on any atom is -0.294 e. The van der Waals surface area contributed by atoms with Crippen molar-refractivity contribution in [3.63, 3.8) is 0 Å². The molecule has 0 N–H and O–H groups in total. The van der Waals surface area contributed by atoms with Crippen LogP contribution < -0.4 is 0 Å². The number of carbonyl (C=O) groups excluding carboxylic acids is 1. The van der Waals surface area contributed by atoms with Crippen LogP contribution in [0.4, 0.5) is 0 Å². The van der Waals surface area contributed by atoms with Crippen molar-refractivity contribution in [3.8, 4) is 0 Å². The first-order valence-electron chi connectivity index (χ1n) is 4.44. The van der Waals surface area contributed by atoms with E-state index >= 15 is 0 Å². The van der Waals surface area contributed by atoms with Crippen molar-refractivity contribution in [3.05, 3.63) is 27.7 Å². The van der Waals surface area contributed by atoms with Gasteiger partial charge in [0.05, 0.1) is 31.3 Å². The van der Waals surface area contributed by atoms with Crippen molar-refractivity contribution in [1.82, 2.24) is 0 Å². The standard InChI is InChI=1S/C10H8Cl2O2S/c1-5-4-8(13)9-6(11)2-3-7(12)10(9)15(5)14/h2-3,5H,4H2,1H3. The lowest BCUT2D eigenvalue weighted by Gasteiger charge is -2.21. The van der Waals surface area contributed by atoms with E-state index in [1.807, 2.05) is 0 Å². The second-order valence-electron chi connectivity index (χ2n) is 3.47. The average Bonchev–Trinajstić information content (AvgIpc) is 2.18. The maximum atomic E-state index is 12.0. The third-order valence-electron chi connectivity index (χ3n) is 2.38. The second kappa shape index (κ2) is 3.89. The Balaban J connectivity index is 2.75. The highest BCUT2D eigenvalue weighted by Crippen LogP contribution is 2.36. The van der Waals surface area contributed by atoms with Gasteiger partial charge in [0.1, 0.15) is 0 Å². The van der Waals surface area contributed by atoms with Crippen LogP contribution in [-0.4, -0.2) is 15.2 Å². The summed E-state index contributed by atoms with van der Waals surface area (Å²) >= 11 is 11.8. The topological polar surface area (TPSA) is 34.1 Å². The molecule has 1 heterocycles. The number of hydrogen-bond donors (Lipinski definition) is 0. The quantitative estimate of drug-likeness (QED) is 0.720. The van der Waals surface area contributed by atoms with Crippen LogP contribution in [0.2, 0.25) is 10.0 Å². The van der Waals surface area contributed by atoms with Crippen LogP contribution in [0.3, 0.4) is 0 Å². The summed E-state index contributed by atoms with van der Waals surface area (Å²) in [6.45, 7) is 1.77. The molecule has 1 aliphatic heterocycles. The normalized spacial score (nSPS) is 25.1. The molecule has 80 valence electrons. The Labute approximate surface area is 100 Å². The summed E-state index contributed by atoms with van der Waals surface area (Å²) in [5, 5.41) is 0.494. The molecule has 0 aromatic heterocycles. The van der Waals surface area contributed by atoms with E-state index in [2.05, 4.69) is 0 Å². The number of carbonyl (C=O) groups is 1. The maximum Gasteiger partial charge on any atom is 0.166 e. The van der Waals surface area contributed by atoms with E-state index in [4.69, 9.17) is 23.2 Å². The number of Topliss-reactive ketones (excluding diaryl/α,β-unsaturated/α-hetero) is 1. The maximum absolute atomic E-state index is 12.0. The number of ketones is 1. The van der Waals surface area contributed by atoms with E-state index in [0.29, 0.717) is 20.5 Å². The fourth-order valence-corrected chi connectivity index (χ4v) is 3.72. The van der Waals surface area contributed by atoms with Crippen molar-refractivity contribution >= 4 is 39.8 Å². The fourth-order valence-electron chi connectivity index (χ4n) is 1.63. The summed E-state index contributed by atoms with van der Waals surface area (Å²) in [6, 6.07) is 3.14. The molecule has 2 unspecified atom stereocenters. The van der Waals surface area contributed by atoms with Gasteiger partial charge in [0.25, 0.3) is 0 Å². The molecule has 2 atom stereocenters. The van der Waals surface area contributed by atoms with Crippen molar-refractivity contribution in [2.24, 2.45) is 0 Å². The van der Waals surface area contributed by atoms with Gasteiger partial charge in [-0.05, 0) is 12.1 Å². The van der Waals surface area contributed by atoms with Gasteiger partial charge in [-0.15, -0.1) is 0 Å². The van der Waals surface area contributed by atoms with Crippen molar-refractivity contribution in [1.29, 1.82) is 0 Å². The smallest absolute Gasteiger partial charge is 0.166 e. The van der Waals surface area contributed by atoms with Gasteiger partial charge in [0.2, 0.25) is 0 Å². The summed E-state index contributed by atoms with van der Waals surface area (Å²) in [6.07, 6.45) is 0.264. The Morgan fingerprint density at radius 3 is 2.60 bits per heavy atom. The van der Waals surface area contributed by atoms with Gasteiger partial charge in [-0.3, -0.25) is 9.00 Å². The number of hydrogen-bond acceptors (Lipinski definition) is 2. The van der Waals surface area contributed by atoms with Gasteiger partial charge < -0.3 is 0 Å². The Bertz CT molecular complexity index is 471. The zero-order chi connectivity index (χ0) is 11.2. The third-order valence-corrected chi connectivity index (χ3v) is 4.84. The predicted molar refractivity (Wildman–Crippen MR) is 61.3 cm³/mol. The van der Waals surface area contributed by atoms with Gasteiger partial charge in [-0.1, -0.05) is 30.1 Å². The van der Waals surface area contributed by atoms with E-state index < -0.39 is 10.8 Å². The highest BCUT2D eigenvalue weighted by atomic mass is 35.5. The molecule has 1 aromatic carbocycles. The highest BCUT2D eigenvalue weighted by molar-refractivity contribution is 7.86. The SMILES string of the molecule is CC1CC(=O)c2c(Cl)ccc(Cl)c2S1=O. The lowest BCUT2D eigenvalue weighted by molar-refractivity contribution is 0.0977. The summed E-state index contributed by atoms with van der Waals surface area (Å²) in [5.74, 6) is -0.0791. The van der Waals surface area contributed by atoms with Gasteiger partial charge in [-0.2, -0.15) is 0 Å². The van der Waals surface area contributed by atoms with Crippen molar-refractivity contribution < 1.29 is 9.00 Å². The van der Waals surface area contributed by atoms with Gasteiger partial charge in [-0.25, -0.2) is 0 Å². The first-order chi connectivity index (χ1) is 7.02. The largest absolute Gasteiger partial charge is 0.294 e. The molecule has 0 saturated heterocycles. The molecule has 0 radical (unpaired) electrons. The number of benzene rings is 1. The number of fused-ring (bicyclic) bond motifs is 1. The Hall–Kier alpha value is -0.380. The molecule has 0 spiro atoms. The van der Waals surface area contributed by atoms with Gasteiger partial charge in [0.15, 0.2) is 5.78 Å². The average molecular weight is 263 g/mol. The van der Waals surface area contributed by atoms with Crippen LogP contribution in [0, 0.1) is 0 Å². The van der Waals surface area contributed by atoms with E-state index in [-0.39, 0.29) is 17.5 Å². The molecule has 0 aliphatic carbocycles. The van der Waals surface area contributed by atoms with Crippen LogP contribution >= 0.6 is 23.2 Å². The Morgan fingerprint density at radius 2 is 1.93 bits per heavy atom. The van der Waals surface area contributed by atoms with Gasteiger partial charge >= 0.3 is 0 Å². The van der Waals surface area contributed by atoms with E-state index in [0.717, 1.165) is 0 Å². The number of rotatable bonds is 0.